The number of hydrogen-bond acceptors (Lipinski definition) is 3. The number of anilines is 1. The molecular weight excluding hydrogens is 260 g/mol. The molecule has 0 aliphatic carbocycles. The minimum Gasteiger partial charge on any atom is -0.397 e. The van der Waals surface area contributed by atoms with Crippen molar-refractivity contribution in [2.24, 2.45) is 0 Å². The number of benzene rings is 1. The van der Waals surface area contributed by atoms with Crippen molar-refractivity contribution in [2.45, 2.75) is 33.1 Å². The molecule has 0 unspecified atom stereocenters. The molecule has 1 aromatic carbocycles. The molecule has 0 aliphatic heterocycles. The number of aromatic nitrogens is 3. The Kier molecular flexibility index (Phi) is 2.97. The zero-order chi connectivity index (χ0) is 15.2. The van der Waals surface area contributed by atoms with Gasteiger partial charge in [0, 0.05) is 11.3 Å². The number of rotatable bonds is 1. The quantitative estimate of drug-likeness (QED) is 0.741. The number of nitrogen functional groups attached to an aromatic ring is 1. The molecule has 2 heterocycles. The first-order valence-electron chi connectivity index (χ1n) is 7.09. The molecule has 0 fully saturated rings. The van der Waals surface area contributed by atoms with Gasteiger partial charge in [0.25, 0.3) is 0 Å². The maximum Gasteiger partial charge on any atom is 0.168 e. The van der Waals surface area contributed by atoms with Crippen LogP contribution in [0.4, 0.5) is 5.69 Å². The van der Waals surface area contributed by atoms with E-state index < -0.39 is 0 Å². The smallest absolute Gasteiger partial charge is 0.168 e. The van der Waals surface area contributed by atoms with Crippen LogP contribution in [0.1, 0.15) is 32.0 Å². The fourth-order valence-electron chi connectivity index (χ4n) is 2.46. The molecule has 3 rings (SSSR count). The predicted molar refractivity (Wildman–Crippen MR) is 86.3 cm³/mol. The minimum absolute atomic E-state index is 0.145. The van der Waals surface area contributed by atoms with Crippen molar-refractivity contribution >= 4 is 11.3 Å². The lowest BCUT2D eigenvalue weighted by molar-refractivity contribution is 0.590. The van der Waals surface area contributed by atoms with Gasteiger partial charge >= 0.3 is 0 Å². The van der Waals surface area contributed by atoms with E-state index in [1.807, 2.05) is 23.5 Å². The van der Waals surface area contributed by atoms with Crippen LogP contribution >= 0.6 is 0 Å². The van der Waals surface area contributed by atoms with Crippen LogP contribution in [-0.2, 0) is 5.41 Å². The number of nitrogens with zero attached hydrogens (tertiary/aromatic N) is 3. The van der Waals surface area contributed by atoms with Crippen LogP contribution in [0.5, 0.6) is 0 Å². The van der Waals surface area contributed by atoms with Crippen molar-refractivity contribution in [2.75, 3.05) is 5.73 Å². The molecule has 2 N–H and O–H groups in total. The van der Waals surface area contributed by atoms with Gasteiger partial charge in [-0.3, -0.25) is 4.40 Å². The number of pyridine rings is 1. The lowest BCUT2D eigenvalue weighted by Crippen LogP contribution is -2.10. The van der Waals surface area contributed by atoms with Crippen LogP contribution in [0.15, 0.2) is 36.4 Å². The van der Waals surface area contributed by atoms with Crippen molar-refractivity contribution in [1.82, 2.24) is 14.6 Å². The highest BCUT2D eigenvalue weighted by Gasteiger charge is 2.15. The number of hydrogen-bond donors (Lipinski definition) is 1. The van der Waals surface area contributed by atoms with Crippen molar-refractivity contribution in [3.8, 4) is 11.4 Å². The summed E-state index contributed by atoms with van der Waals surface area (Å²) in [5.41, 5.74) is 11.0. The summed E-state index contributed by atoms with van der Waals surface area (Å²) in [7, 11) is 0. The largest absolute Gasteiger partial charge is 0.397 e. The molecule has 0 amide bonds. The van der Waals surface area contributed by atoms with Gasteiger partial charge < -0.3 is 5.73 Å². The highest BCUT2D eigenvalue weighted by Crippen LogP contribution is 2.26. The fourth-order valence-corrected chi connectivity index (χ4v) is 2.46. The zero-order valence-corrected chi connectivity index (χ0v) is 12.9. The van der Waals surface area contributed by atoms with Crippen LogP contribution < -0.4 is 5.73 Å². The van der Waals surface area contributed by atoms with Crippen LogP contribution in [0, 0.1) is 6.92 Å². The van der Waals surface area contributed by atoms with Crippen molar-refractivity contribution < 1.29 is 0 Å². The average Bonchev–Trinajstić information content (AvgIpc) is 2.87. The van der Waals surface area contributed by atoms with E-state index in [1.54, 1.807) is 0 Å². The highest BCUT2D eigenvalue weighted by atomic mass is 15.3. The molecule has 0 aliphatic rings. The third kappa shape index (κ3) is 2.27. The van der Waals surface area contributed by atoms with Gasteiger partial charge in [-0.1, -0.05) is 45.0 Å². The Bertz CT molecular complexity index is 792. The Hall–Kier alpha value is -2.36. The molecule has 4 nitrogen and oxygen atoms in total. The van der Waals surface area contributed by atoms with Gasteiger partial charge in [-0.2, -0.15) is 0 Å². The third-order valence-electron chi connectivity index (χ3n) is 3.86. The summed E-state index contributed by atoms with van der Waals surface area (Å²) in [4.78, 5) is 0. The Labute approximate surface area is 124 Å². The van der Waals surface area contributed by atoms with E-state index in [4.69, 9.17) is 5.73 Å². The van der Waals surface area contributed by atoms with E-state index in [-0.39, 0.29) is 5.41 Å². The highest BCUT2D eigenvalue weighted by molar-refractivity contribution is 5.63. The number of fused-ring (bicyclic) bond motifs is 1. The molecule has 0 atom stereocenters. The van der Waals surface area contributed by atoms with E-state index in [0.717, 1.165) is 28.4 Å². The molecule has 4 heteroatoms. The Balaban J connectivity index is 2.15. The fraction of sp³-hybridized carbons (Fsp3) is 0.294. The van der Waals surface area contributed by atoms with E-state index in [9.17, 15) is 0 Å². The standard InChI is InChI=1S/C17H20N4/c1-11-14(18)9-10-15-19-20-16(21(11)15)12-5-7-13(8-6-12)17(2,3)4/h5-10H,18H2,1-4H3. The van der Waals surface area contributed by atoms with Crippen molar-refractivity contribution in [1.29, 1.82) is 0 Å². The molecule has 0 spiro atoms. The Morgan fingerprint density at radius 2 is 1.62 bits per heavy atom. The first-order chi connectivity index (χ1) is 9.88. The van der Waals surface area contributed by atoms with E-state index in [1.165, 1.54) is 5.56 Å². The molecule has 3 aromatic rings. The predicted octanol–water partition coefficient (Wildman–Crippen LogP) is 3.58. The lowest BCUT2D eigenvalue weighted by Gasteiger charge is -2.19. The maximum absolute atomic E-state index is 6.00. The summed E-state index contributed by atoms with van der Waals surface area (Å²) in [5, 5.41) is 8.54. The maximum atomic E-state index is 6.00. The van der Waals surface area contributed by atoms with Gasteiger partial charge in [-0.05, 0) is 30.0 Å². The van der Waals surface area contributed by atoms with E-state index >= 15 is 0 Å². The number of aryl methyl sites for hydroxylation is 1. The van der Waals surface area contributed by atoms with Crippen LogP contribution in [-0.4, -0.2) is 14.6 Å². The summed E-state index contributed by atoms with van der Waals surface area (Å²) in [6.45, 7) is 8.61. The van der Waals surface area contributed by atoms with Crippen LogP contribution in [0.2, 0.25) is 0 Å². The summed E-state index contributed by atoms with van der Waals surface area (Å²) in [6.07, 6.45) is 0. The normalized spacial score (nSPS) is 12.0. The Morgan fingerprint density at radius 1 is 0.952 bits per heavy atom. The van der Waals surface area contributed by atoms with Crippen LogP contribution in [0.3, 0.4) is 0 Å². The van der Waals surface area contributed by atoms with E-state index in [2.05, 4.69) is 55.2 Å². The van der Waals surface area contributed by atoms with Gasteiger partial charge in [-0.15, -0.1) is 10.2 Å². The van der Waals surface area contributed by atoms with E-state index in [0.29, 0.717) is 0 Å². The lowest BCUT2D eigenvalue weighted by atomic mass is 9.87. The first kappa shape index (κ1) is 13.6. The van der Waals surface area contributed by atoms with Gasteiger partial charge in [0.05, 0.1) is 5.69 Å². The monoisotopic (exact) mass is 280 g/mol. The third-order valence-corrected chi connectivity index (χ3v) is 3.86. The summed E-state index contributed by atoms with van der Waals surface area (Å²) < 4.78 is 2.00. The number of nitrogens with two attached hydrogens (primary N) is 1. The van der Waals surface area contributed by atoms with Crippen LogP contribution in [0.25, 0.3) is 17.0 Å². The molecule has 0 saturated carbocycles. The second-order valence-electron chi connectivity index (χ2n) is 6.42. The second-order valence-corrected chi connectivity index (χ2v) is 6.42. The summed E-state index contributed by atoms with van der Waals surface area (Å²) in [6, 6.07) is 12.3. The zero-order valence-electron chi connectivity index (χ0n) is 12.9. The molecule has 2 aromatic heterocycles. The summed E-state index contributed by atoms with van der Waals surface area (Å²) in [5.74, 6) is 0.829. The molecule has 21 heavy (non-hydrogen) atoms. The van der Waals surface area contributed by atoms with Gasteiger partial charge in [0.2, 0.25) is 0 Å². The SMILES string of the molecule is Cc1c(N)ccc2nnc(-c3ccc(C(C)(C)C)cc3)n12. The average molecular weight is 280 g/mol. The van der Waals surface area contributed by atoms with Crippen molar-refractivity contribution in [3.63, 3.8) is 0 Å². The first-order valence-corrected chi connectivity index (χ1v) is 7.09. The molecule has 0 bridgehead atoms. The van der Waals surface area contributed by atoms with Gasteiger partial charge in [-0.25, -0.2) is 0 Å². The van der Waals surface area contributed by atoms with Gasteiger partial charge in [0.1, 0.15) is 0 Å². The second kappa shape index (κ2) is 4.58. The van der Waals surface area contributed by atoms with Crippen molar-refractivity contribution in [3.05, 3.63) is 47.7 Å². The topological polar surface area (TPSA) is 56.2 Å². The molecule has 0 radical (unpaired) electrons. The Morgan fingerprint density at radius 3 is 2.24 bits per heavy atom. The molecule has 108 valence electrons. The summed E-state index contributed by atoms with van der Waals surface area (Å²) >= 11 is 0. The minimum atomic E-state index is 0.145. The molecule has 0 saturated heterocycles. The van der Waals surface area contributed by atoms with Gasteiger partial charge in [0.15, 0.2) is 11.5 Å². The molecular formula is C17H20N4.